The number of rotatable bonds is 5. The lowest BCUT2D eigenvalue weighted by molar-refractivity contribution is -0.122. The van der Waals surface area contributed by atoms with Crippen molar-refractivity contribution >= 4 is 35.0 Å². The van der Waals surface area contributed by atoms with Gasteiger partial charge >= 0.3 is 0 Å². The summed E-state index contributed by atoms with van der Waals surface area (Å²) in [7, 11) is 0. The molecule has 0 radical (unpaired) electrons. The Morgan fingerprint density at radius 3 is 2.53 bits per heavy atom. The second-order valence-corrected chi connectivity index (χ2v) is 8.30. The highest BCUT2D eigenvalue weighted by atomic mass is 35.5. The first-order valence-electron chi connectivity index (χ1n) is 10.5. The van der Waals surface area contributed by atoms with E-state index in [1.54, 1.807) is 42.5 Å². The van der Waals surface area contributed by atoms with E-state index in [1.807, 2.05) is 0 Å². The minimum atomic E-state index is -1.11. The van der Waals surface area contributed by atoms with Crippen molar-refractivity contribution in [2.24, 2.45) is 0 Å². The van der Waals surface area contributed by atoms with Gasteiger partial charge in [0.15, 0.2) is 11.5 Å². The number of carbonyl (C=O) groups is 3. The fourth-order valence-corrected chi connectivity index (χ4v) is 4.20. The van der Waals surface area contributed by atoms with Crippen LogP contribution in [0.25, 0.3) is 0 Å². The number of nitrogens with zero attached hydrogens (tertiary/aromatic N) is 2. The molecule has 1 atom stereocenters. The molecule has 2 heterocycles. The van der Waals surface area contributed by atoms with E-state index in [2.05, 4.69) is 0 Å². The van der Waals surface area contributed by atoms with E-state index < -0.39 is 29.6 Å². The summed E-state index contributed by atoms with van der Waals surface area (Å²) < 4.78 is 25.2. The minimum Gasteiger partial charge on any atom is -0.454 e. The number of ether oxygens (including phenoxy) is 2. The zero-order valence-corrected chi connectivity index (χ0v) is 18.5. The highest BCUT2D eigenvalue weighted by Gasteiger charge is 2.45. The van der Waals surface area contributed by atoms with Crippen molar-refractivity contribution in [2.45, 2.75) is 19.0 Å². The molecule has 0 N–H and O–H groups in total. The normalized spacial score (nSPS) is 16.8. The Kier molecular flexibility index (Phi) is 5.67. The third-order valence-corrected chi connectivity index (χ3v) is 5.99. The molecule has 34 heavy (non-hydrogen) atoms. The van der Waals surface area contributed by atoms with E-state index in [-0.39, 0.29) is 25.3 Å². The van der Waals surface area contributed by atoms with Gasteiger partial charge in [-0.2, -0.15) is 0 Å². The van der Waals surface area contributed by atoms with Crippen molar-refractivity contribution in [1.82, 2.24) is 4.90 Å². The number of halogens is 2. The summed E-state index contributed by atoms with van der Waals surface area (Å²) in [5.41, 5.74) is 0.802. The molecule has 7 nitrogen and oxygen atoms in total. The van der Waals surface area contributed by atoms with Crippen LogP contribution in [0.15, 0.2) is 66.7 Å². The lowest BCUT2D eigenvalue weighted by atomic mass is 10.1. The Bertz CT molecular complexity index is 1300. The standard InChI is InChI=1S/C25H18ClFN2O5/c26-16-6-8-17(9-7-16)29-23(30)12-20(25(29)32)28(24(31)18-3-1-2-4-19(18)27)13-15-5-10-21-22(11-15)34-14-33-21/h1-11,20H,12-14H2. The van der Waals surface area contributed by atoms with Crippen LogP contribution in [0.4, 0.5) is 10.1 Å². The van der Waals surface area contributed by atoms with Crippen LogP contribution < -0.4 is 14.4 Å². The number of benzene rings is 3. The molecule has 2 aliphatic heterocycles. The molecule has 5 rings (SSSR count). The number of amides is 3. The summed E-state index contributed by atoms with van der Waals surface area (Å²) >= 11 is 5.93. The van der Waals surface area contributed by atoms with Gasteiger partial charge in [0.05, 0.1) is 17.7 Å². The predicted molar refractivity (Wildman–Crippen MR) is 121 cm³/mol. The van der Waals surface area contributed by atoms with Gasteiger partial charge in [-0.1, -0.05) is 29.8 Å². The van der Waals surface area contributed by atoms with E-state index in [9.17, 15) is 18.8 Å². The molecule has 1 saturated heterocycles. The third kappa shape index (κ3) is 3.97. The monoisotopic (exact) mass is 480 g/mol. The Balaban J connectivity index is 1.50. The van der Waals surface area contributed by atoms with Crippen LogP contribution in [0.5, 0.6) is 11.5 Å². The van der Waals surface area contributed by atoms with Gasteiger partial charge in [0.25, 0.3) is 11.8 Å². The molecule has 3 amide bonds. The van der Waals surface area contributed by atoms with Gasteiger partial charge in [-0.3, -0.25) is 14.4 Å². The quantitative estimate of drug-likeness (QED) is 0.512. The van der Waals surface area contributed by atoms with Gasteiger partial charge < -0.3 is 14.4 Å². The smallest absolute Gasteiger partial charge is 0.257 e. The summed E-state index contributed by atoms with van der Waals surface area (Å²) in [5.74, 6) is -1.37. The number of imide groups is 1. The van der Waals surface area contributed by atoms with Gasteiger partial charge in [-0.25, -0.2) is 9.29 Å². The molecule has 3 aromatic carbocycles. The van der Waals surface area contributed by atoms with Crippen LogP contribution >= 0.6 is 11.6 Å². The number of carbonyl (C=O) groups excluding carboxylic acids is 3. The SMILES string of the molecule is O=C1CC(N(Cc2ccc3c(c2)OCO3)C(=O)c2ccccc2F)C(=O)N1c1ccc(Cl)cc1. The first-order chi connectivity index (χ1) is 16.4. The highest BCUT2D eigenvalue weighted by molar-refractivity contribution is 6.31. The van der Waals surface area contributed by atoms with Crippen LogP contribution in [0.2, 0.25) is 5.02 Å². The largest absolute Gasteiger partial charge is 0.454 e. The van der Waals surface area contributed by atoms with E-state index in [1.165, 1.54) is 29.2 Å². The molecule has 0 saturated carbocycles. The zero-order chi connectivity index (χ0) is 23.8. The second-order valence-electron chi connectivity index (χ2n) is 7.86. The lowest BCUT2D eigenvalue weighted by Crippen LogP contribution is -2.45. The van der Waals surface area contributed by atoms with Crippen LogP contribution in [-0.2, 0) is 16.1 Å². The maximum atomic E-state index is 14.5. The number of anilines is 1. The van der Waals surface area contributed by atoms with Crippen LogP contribution in [0.3, 0.4) is 0 Å². The maximum absolute atomic E-state index is 14.5. The van der Waals surface area contributed by atoms with Gasteiger partial charge in [0, 0.05) is 11.6 Å². The molecular formula is C25H18ClFN2O5. The molecule has 1 fully saturated rings. The average Bonchev–Trinajstić information content (AvgIpc) is 3.41. The minimum absolute atomic E-state index is 0.0397. The molecule has 2 aliphatic rings. The summed E-state index contributed by atoms with van der Waals surface area (Å²) in [5, 5.41) is 0.457. The van der Waals surface area contributed by atoms with E-state index in [0.29, 0.717) is 27.8 Å². The molecule has 3 aromatic rings. The van der Waals surface area contributed by atoms with Gasteiger partial charge in [0.2, 0.25) is 12.7 Å². The van der Waals surface area contributed by atoms with Crippen LogP contribution in [0, 0.1) is 5.82 Å². The topological polar surface area (TPSA) is 76.1 Å². The Morgan fingerprint density at radius 2 is 1.76 bits per heavy atom. The maximum Gasteiger partial charge on any atom is 0.257 e. The Morgan fingerprint density at radius 1 is 1.03 bits per heavy atom. The number of hydrogen-bond acceptors (Lipinski definition) is 5. The van der Waals surface area contributed by atoms with Crippen LogP contribution in [-0.4, -0.2) is 35.5 Å². The number of fused-ring (bicyclic) bond motifs is 1. The fourth-order valence-electron chi connectivity index (χ4n) is 4.07. The van der Waals surface area contributed by atoms with Crippen molar-refractivity contribution in [3.8, 4) is 11.5 Å². The van der Waals surface area contributed by atoms with Crippen molar-refractivity contribution in [3.05, 3.63) is 88.7 Å². The van der Waals surface area contributed by atoms with Crippen molar-refractivity contribution in [2.75, 3.05) is 11.7 Å². The second kappa shape index (κ2) is 8.79. The fraction of sp³-hybridized carbons (Fsp3) is 0.160. The predicted octanol–water partition coefficient (Wildman–Crippen LogP) is 4.18. The first-order valence-corrected chi connectivity index (χ1v) is 10.9. The molecule has 172 valence electrons. The zero-order valence-electron chi connectivity index (χ0n) is 17.7. The average molecular weight is 481 g/mol. The summed E-state index contributed by atoms with van der Waals surface area (Å²) in [6, 6.07) is 15.8. The molecule has 9 heteroatoms. The Hall–Kier alpha value is -3.91. The molecule has 0 aromatic heterocycles. The van der Waals surface area contributed by atoms with Crippen molar-refractivity contribution in [1.29, 1.82) is 0 Å². The molecule has 1 unspecified atom stereocenters. The Labute approximate surface area is 199 Å². The molecule has 0 spiro atoms. The van der Waals surface area contributed by atoms with Crippen LogP contribution in [0.1, 0.15) is 22.3 Å². The van der Waals surface area contributed by atoms with Gasteiger partial charge in [-0.15, -0.1) is 0 Å². The van der Waals surface area contributed by atoms with E-state index >= 15 is 0 Å². The summed E-state index contributed by atoms with van der Waals surface area (Å²) in [4.78, 5) is 41.9. The van der Waals surface area contributed by atoms with E-state index in [0.717, 1.165) is 4.90 Å². The lowest BCUT2D eigenvalue weighted by Gasteiger charge is -2.28. The number of hydrogen-bond donors (Lipinski definition) is 0. The molecule has 0 bridgehead atoms. The molecule has 0 aliphatic carbocycles. The van der Waals surface area contributed by atoms with Crippen molar-refractivity contribution < 1.29 is 28.2 Å². The van der Waals surface area contributed by atoms with Crippen molar-refractivity contribution in [3.63, 3.8) is 0 Å². The first kappa shape index (κ1) is 21.9. The summed E-state index contributed by atoms with van der Waals surface area (Å²) in [6.07, 6.45) is -0.230. The van der Waals surface area contributed by atoms with Gasteiger partial charge in [-0.05, 0) is 54.1 Å². The highest BCUT2D eigenvalue weighted by Crippen LogP contribution is 2.34. The van der Waals surface area contributed by atoms with E-state index in [4.69, 9.17) is 21.1 Å². The van der Waals surface area contributed by atoms with Gasteiger partial charge in [0.1, 0.15) is 11.9 Å². The summed E-state index contributed by atoms with van der Waals surface area (Å²) in [6.45, 7) is 0.0459. The molecular weight excluding hydrogens is 463 g/mol. The third-order valence-electron chi connectivity index (χ3n) is 5.74.